The molecular formula is C13H20N2O3S. The fraction of sp³-hybridized carbons (Fsp3) is 0.462. The lowest BCUT2D eigenvalue weighted by atomic mass is 10.1. The fourth-order valence-electron chi connectivity index (χ4n) is 1.51. The Morgan fingerprint density at radius 3 is 2.47 bits per heavy atom. The van der Waals surface area contributed by atoms with E-state index in [-0.39, 0.29) is 5.91 Å². The molecule has 0 bridgehead atoms. The number of anilines is 1. The molecule has 0 saturated carbocycles. The molecule has 0 aliphatic heterocycles. The molecule has 1 unspecified atom stereocenters. The number of thioether (sulfide) groups is 1. The van der Waals surface area contributed by atoms with Crippen molar-refractivity contribution >= 4 is 23.4 Å². The Labute approximate surface area is 117 Å². The second-order valence-corrected chi connectivity index (χ2v) is 5.33. The van der Waals surface area contributed by atoms with Crippen molar-refractivity contribution in [3.63, 3.8) is 0 Å². The van der Waals surface area contributed by atoms with Crippen LogP contribution in [0.5, 0.6) is 11.5 Å². The van der Waals surface area contributed by atoms with Crippen molar-refractivity contribution in [2.75, 3.05) is 32.8 Å². The summed E-state index contributed by atoms with van der Waals surface area (Å²) in [4.78, 5) is 12.1. The lowest BCUT2D eigenvalue weighted by Crippen LogP contribution is -2.29. The summed E-state index contributed by atoms with van der Waals surface area (Å²) in [7, 11) is 3.04. The van der Waals surface area contributed by atoms with E-state index in [0.717, 1.165) is 0 Å². The lowest BCUT2D eigenvalue weighted by Gasteiger charge is -2.14. The Kier molecular flexibility index (Phi) is 5.82. The second kappa shape index (κ2) is 7.13. The number of hydrogen-bond acceptors (Lipinski definition) is 5. The number of methoxy groups -OCH3 is 2. The van der Waals surface area contributed by atoms with Crippen molar-refractivity contribution in [3.8, 4) is 11.5 Å². The summed E-state index contributed by atoms with van der Waals surface area (Å²) in [5.41, 5.74) is 6.62. The molecule has 3 N–H and O–H groups in total. The van der Waals surface area contributed by atoms with Crippen LogP contribution in [0.1, 0.15) is 17.3 Å². The van der Waals surface area contributed by atoms with Crippen molar-refractivity contribution < 1.29 is 14.3 Å². The third kappa shape index (κ3) is 3.96. The highest BCUT2D eigenvalue weighted by atomic mass is 32.2. The van der Waals surface area contributed by atoms with Crippen LogP contribution in [-0.2, 0) is 0 Å². The highest BCUT2D eigenvalue weighted by Crippen LogP contribution is 2.31. The molecule has 1 atom stereocenters. The van der Waals surface area contributed by atoms with E-state index in [0.29, 0.717) is 34.5 Å². The molecule has 0 aliphatic carbocycles. The van der Waals surface area contributed by atoms with Gasteiger partial charge in [0.1, 0.15) is 0 Å². The summed E-state index contributed by atoms with van der Waals surface area (Å²) in [5.74, 6) is 0.785. The van der Waals surface area contributed by atoms with Crippen molar-refractivity contribution in [1.29, 1.82) is 0 Å². The molecule has 0 radical (unpaired) electrons. The number of carbonyl (C=O) groups is 1. The molecule has 106 valence electrons. The summed E-state index contributed by atoms with van der Waals surface area (Å²) in [6.07, 6.45) is 2.00. The molecule has 1 aromatic carbocycles. The van der Waals surface area contributed by atoms with Gasteiger partial charge in [0.25, 0.3) is 5.91 Å². The van der Waals surface area contributed by atoms with Gasteiger partial charge in [-0.15, -0.1) is 0 Å². The standard InChI is InChI=1S/C13H20N2O3S/c1-8(19-4)7-15-13(16)9-5-11(17-2)12(18-3)6-10(9)14/h5-6,8H,7,14H2,1-4H3,(H,15,16). The number of carbonyl (C=O) groups excluding carboxylic acids is 1. The van der Waals surface area contributed by atoms with Gasteiger partial charge in [-0.25, -0.2) is 0 Å². The molecule has 1 aromatic rings. The highest BCUT2D eigenvalue weighted by molar-refractivity contribution is 7.99. The van der Waals surface area contributed by atoms with Gasteiger partial charge < -0.3 is 20.5 Å². The Balaban J connectivity index is 2.90. The predicted octanol–water partition coefficient (Wildman–Crippen LogP) is 1.77. The molecule has 0 heterocycles. The molecule has 0 aromatic heterocycles. The van der Waals surface area contributed by atoms with Gasteiger partial charge in [-0.2, -0.15) is 11.8 Å². The number of nitrogens with two attached hydrogens (primary N) is 1. The van der Waals surface area contributed by atoms with E-state index >= 15 is 0 Å². The van der Waals surface area contributed by atoms with Gasteiger partial charge in [-0.3, -0.25) is 4.79 Å². The monoisotopic (exact) mass is 284 g/mol. The first-order chi connectivity index (χ1) is 9.03. The van der Waals surface area contributed by atoms with E-state index < -0.39 is 0 Å². The van der Waals surface area contributed by atoms with Crippen molar-refractivity contribution in [1.82, 2.24) is 5.32 Å². The quantitative estimate of drug-likeness (QED) is 0.779. The van der Waals surface area contributed by atoms with Crippen LogP contribution in [0.2, 0.25) is 0 Å². The van der Waals surface area contributed by atoms with Crippen molar-refractivity contribution in [3.05, 3.63) is 17.7 Å². The lowest BCUT2D eigenvalue weighted by molar-refractivity contribution is 0.0954. The van der Waals surface area contributed by atoms with Crippen LogP contribution in [0, 0.1) is 0 Å². The first-order valence-electron chi connectivity index (χ1n) is 5.86. The average molecular weight is 284 g/mol. The first-order valence-corrected chi connectivity index (χ1v) is 7.14. The third-order valence-corrected chi connectivity index (χ3v) is 3.72. The minimum absolute atomic E-state index is 0.209. The topological polar surface area (TPSA) is 73.6 Å². The zero-order valence-corrected chi connectivity index (χ0v) is 12.5. The van der Waals surface area contributed by atoms with E-state index in [1.165, 1.54) is 14.2 Å². The summed E-state index contributed by atoms with van der Waals surface area (Å²) < 4.78 is 10.3. The number of benzene rings is 1. The minimum Gasteiger partial charge on any atom is -0.493 e. The molecule has 19 heavy (non-hydrogen) atoms. The molecular weight excluding hydrogens is 264 g/mol. The van der Waals surface area contributed by atoms with Gasteiger partial charge in [0.15, 0.2) is 11.5 Å². The molecule has 5 nitrogen and oxygen atoms in total. The summed E-state index contributed by atoms with van der Waals surface area (Å²) in [6, 6.07) is 3.18. The van der Waals surface area contributed by atoms with Crippen molar-refractivity contribution in [2.45, 2.75) is 12.2 Å². The van der Waals surface area contributed by atoms with Gasteiger partial charge >= 0.3 is 0 Å². The number of ether oxygens (including phenoxy) is 2. The van der Waals surface area contributed by atoms with E-state index in [4.69, 9.17) is 15.2 Å². The van der Waals surface area contributed by atoms with Gasteiger partial charge in [0.05, 0.1) is 19.8 Å². The van der Waals surface area contributed by atoms with Gasteiger partial charge in [-0.1, -0.05) is 6.92 Å². The average Bonchev–Trinajstić information content (AvgIpc) is 2.43. The fourth-order valence-corrected chi connectivity index (χ4v) is 1.76. The van der Waals surface area contributed by atoms with Crippen molar-refractivity contribution in [2.24, 2.45) is 0 Å². The van der Waals surface area contributed by atoms with Crippen LogP contribution < -0.4 is 20.5 Å². The predicted molar refractivity (Wildman–Crippen MR) is 79.3 cm³/mol. The summed E-state index contributed by atoms with van der Waals surface area (Å²) >= 11 is 1.69. The Hall–Kier alpha value is -1.56. The van der Waals surface area contributed by atoms with Crippen LogP contribution in [0.4, 0.5) is 5.69 Å². The van der Waals surface area contributed by atoms with E-state index in [1.54, 1.807) is 23.9 Å². The number of nitrogens with one attached hydrogen (secondary N) is 1. The first kappa shape index (κ1) is 15.5. The molecule has 0 fully saturated rings. The van der Waals surface area contributed by atoms with Gasteiger partial charge in [0.2, 0.25) is 0 Å². The Morgan fingerprint density at radius 2 is 1.95 bits per heavy atom. The Bertz CT molecular complexity index is 452. The maximum Gasteiger partial charge on any atom is 0.253 e. The van der Waals surface area contributed by atoms with Crippen LogP contribution >= 0.6 is 11.8 Å². The number of amides is 1. The van der Waals surface area contributed by atoms with Crippen LogP contribution in [-0.4, -0.2) is 38.2 Å². The van der Waals surface area contributed by atoms with E-state index in [2.05, 4.69) is 5.32 Å². The zero-order valence-electron chi connectivity index (χ0n) is 11.6. The zero-order chi connectivity index (χ0) is 14.4. The molecule has 0 aliphatic rings. The Morgan fingerprint density at radius 1 is 1.37 bits per heavy atom. The van der Waals surface area contributed by atoms with E-state index in [9.17, 15) is 4.79 Å². The van der Waals surface area contributed by atoms with Crippen LogP contribution in [0.15, 0.2) is 12.1 Å². The maximum atomic E-state index is 12.1. The molecule has 0 spiro atoms. The normalized spacial score (nSPS) is 11.8. The van der Waals surface area contributed by atoms with Crippen LogP contribution in [0.25, 0.3) is 0 Å². The SMILES string of the molecule is COc1cc(N)c(C(=O)NCC(C)SC)cc1OC. The smallest absolute Gasteiger partial charge is 0.253 e. The third-order valence-electron chi connectivity index (χ3n) is 2.75. The minimum atomic E-state index is -0.209. The number of nitrogen functional groups attached to an aromatic ring is 1. The highest BCUT2D eigenvalue weighted by Gasteiger charge is 2.15. The number of hydrogen-bond donors (Lipinski definition) is 2. The van der Waals surface area contributed by atoms with Crippen LogP contribution in [0.3, 0.4) is 0 Å². The second-order valence-electron chi connectivity index (χ2n) is 4.05. The maximum absolute atomic E-state index is 12.1. The summed E-state index contributed by atoms with van der Waals surface area (Å²) in [5, 5.41) is 3.20. The largest absolute Gasteiger partial charge is 0.493 e. The molecule has 1 amide bonds. The van der Waals surface area contributed by atoms with Gasteiger partial charge in [-0.05, 0) is 12.3 Å². The van der Waals surface area contributed by atoms with E-state index in [1.807, 2.05) is 13.2 Å². The number of rotatable bonds is 6. The summed E-state index contributed by atoms with van der Waals surface area (Å²) in [6.45, 7) is 2.64. The molecule has 6 heteroatoms. The molecule has 1 rings (SSSR count). The van der Waals surface area contributed by atoms with Gasteiger partial charge in [0, 0.05) is 23.5 Å². The molecule has 0 saturated heterocycles.